The van der Waals surface area contributed by atoms with Gasteiger partial charge in [0.05, 0.1) is 43.4 Å². The topological polar surface area (TPSA) is 55.5 Å². The van der Waals surface area contributed by atoms with Gasteiger partial charge in [-0.05, 0) is 60.7 Å². The average Bonchev–Trinajstić information content (AvgIpc) is 3.56. The lowest BCUT2D eigenvalue weighted by atomic mass is 10.0. The highest BCUT2D eigenvalue weighted by molar-refractivity contribution is 7.80. The molecule has 0 unspecified atom stereocenters. The van der Waals surface area contributed by atoms with Crippen molar-refractivity contribution in [2.24, 2.45) is 0 Å². The molecular formula is C24H22N4O2S. The smallest absolute Gasteiger partial charge is 0.170 e. The van der Waals surface area contributed by atoms with Crippen molar-refractivity contribution in [3.63, 3.8) is 0 Å². The third-order valence-electron chi connectivity index (χ3n) is 5.53. The van der Waals surface area contributed by atoms with Crippen LogP contribution < -0.4 is 10.1 Å². The zero-order valence-electron chi connectivity index (χ0n) is 17.0. The molecule has 0 saturated carbocycles. The SMILES string of the molecule is COc1ccccc1-n1cccc1[C@H]1[C@@H](c2ccccn2)NC(=S)N1Cc1ccco1. The summed E-state index contributed by atoms with van der Waals surface area (Å²) in [6.07, 6.45) is 5.55. The second-order valence-corrected chi connectivity index (χ2v) is 7.70. The molecule has 4 heterocycles. The zero-order chi connectivity index (χ0) is 21.2. The standard InChI is InChI=1S/C24H22N4O2S/c1-29-21-12-3-2-10-19(21)27-14-6-11-20(27)23-22(18-9-4-5-13-25-18)26-24(31)28(23)16-17-8-7-15-30-17/h2-15,22-23H,16H2,1H3,(H,26,31)/t22-,23+/m1/s1. The predicted molar refractivity (Wildman–Crippen MR) is 122 cm³/mol. The summed E-state index contributed by atoms with van der Waals surface area (Å²) in [7, 11) is 1.69. The zero-order valence-corrected chi connectivity index (χ0v) is 17.8. The van der Waals surface area contributed by atoms with Gasteiger partial charge in [-0.2, -0.15) is 0 Å². The van der Waals surface area contributed by atoms with E-state index < -0.39 is 0 Å². The number of pyridine rings is 1. The predicted octanol–water partition coefficient (Wildman–Crippen LogP) is 4.65. The van der Waals surface area contributed by atoms with Gasteiger partial charge in [0.25, 0.3) is 0 Å². The van der Waals surface area contributed by atoms with Gasteiger partial charge in [0.15, 0.2) is 5.11 Å². The summed E-state index contributed by atoms with van der Waals surface area (Å²) in [6, 6.07) is 21.8. The Labute approximate surface area is 186 Å². The summed E-state index contributed by atoms with van der Waals surface area (Å²) in [5.41, 5.74) is 2.99. The molecule has 31 heavy (non-hydrogen) atoms. The van der Waals surface area contributed by atoms with Gasteiger partial charge in [0.1, 0.15) is 11.5 Å². The third kappa shape index (κ3) is 3.57. The number of nitrogens with zero attached hydrogens (tertiary/aromatic N) is 3. The van der Waals surface area contributed by atoms with Gasteiger partial charge in [-0.3, -0.25) is 4.98 Å². The van der Waals surface area contributed by atoms with Crippen molar-refractivity contribution in [1.29, 1.82) is 0 Å². The van der Waals surface area contributed by atoms with Crippen LogP contribution in [0.1, 0.15) is 29.2 Å². The first kappa shape index (κ1) is 19.4. The lowest BCUT2D eigenvalue weighted by Crippen LogP contribution is -2.29. The number of hydrogen-bond acceptors (Lipinski definition) is 4. The Morgan fingerprint density at radius 1 is 1.06 bits per heavy atom. The Bertz CT molecular complexity index is 1170. The molecule has 5 rings (SSSR count). The van der Waals surface area contributed by atoms with Crippen molar-refractivity contribution >= 4 is 17.3 Å². The number of hydrogen-bond donors (Lipinski definition) is 1. The van der Waals surface area contributed by atoms with E-state index in [9.17, 15) is 0 Å². The van der Waals surface area contributed by atoms with Crippen LogP contribution >= 0.6 is 12.2 Å². The highest BCUT2D eigenvalue weighted by atomic mass is 32.1. The largest absolute Gasteiger partial charge is 0.495 e. The molecule has 0 bridgehead atoms. The third-order valence-corrected chi connectivity index (χ3v) is 5.88. The molecule has 1 aliphatic rings. The molecule has 7 heteroatoms. The molecule has 6 nitrogen and oxygen atoms in total. The molecule has 0 aliphatic carbocycles. The van der Waals surface area contributed by atoms with Gasteiger partial charge in [-0.15, -0.1) is 0 Å². The molecule has 4 aromatic rings. The number of para-hydroxylation sites is 2. The Hall–Kier alpha value is -3.58. The number of nitrogens with one attached hydrogen (secondary N) is 1. The second kappa shape index (κ2) is 8.28. The summed E-state index contributed by atoms with van der Waals surface area (Å²) < 4.78 is 13.4. The highest BCUT2D eigenvalue weighted by Gasteiger charge is 2.41. The van der Waals surface area contributed by atoms with Crippen molar-refractivity contribution < 1.29 is 9.15 Å². The van der Waals surface area contributed by atoms with Crippen LogP contribution in [0.3, 0.4) is 0 Å². The average molecular weight is 431 g/mol. The molecule has 3 aromatic heterocycles. The number of methoxy groups -OCH3 is 1. The Balaban J connectivity index is 1.62. The maximum absolute atomic E-state index is 5.76. The van der Waals surface area contributed by atoms with Crippen LogP contribution in [-0.4, -0.2) is 26.7 Å². The van der Waals surface area contributed by atoms with E-state index in [4.69, 9.17) is 21.4 Å². The summed E-state index contributed by atoms with van der Waals surface area (Å²) in [5.74, 6) is 1.66. The maximum Gasteiger partial charge on any atom is 0.170 e. The number of furan rings is 1. The molecule has 1 saturated heterocycles. The fourth-order valence-electron chi connectivity index (χ4n) is 4.15. The Morgan fingerprint density at radius 2 is 1.94 bits per heavy atom. The van der Waals surface area contributed by atoms with Gasteiger partial charge in [-0.25, -0.2) is 0 Å². The molecular weight excluding hydrogens is 408 g/mol. The van der Waals surface area contributed by atoms with Crippen LogP contribution in [0.15, 0.2) is 89.8 Å². The normalized spacial score (nSPS) is 18.2. The van der Waals surface area contributed by atoms with Crippen LogP contribution in [-0.2, 0) is 6.54 Å². The first-order valence-corrected chi connectivity index (χ1v) is 10.5. The molecule has 0 radical (unpaired) electrons. The fraction of sp³-hybridized carbons (Fsp3) is 0.167. The first-order chi connectivity index (χ1) is 15.3. The van der Waals surface area contributed by atoms with E-state index in [2.05, 4.69) is 38.1 Å². The molecule has 1 fully saturated rings. The van der Waals surface area contributed by atoms with Crippen molar-refractivity contribution in [1.82, 2.24) is 19.8 Å². The van der Waals surface area contributed by atoms with E-state index in [0.29, 0.717) is 11.7 Å². The van der Waals surface area contributed by atoms with E-state index in [-0.39, 0.29) is 12.1 Å². The number of thiocarbonyl (C=S) groups is 1. The van der Waals surface area contributed by atoms with E-state index >= 15 is 0 Å². The number of ether oxygens (including phenoxy) is 1. The summed E-state index contributed by atoms with van der Waals surface area (Å²) >= 11 is 5.76. The van der Waals surface area contributed by atoms with E-state index in [1.165, 1.54) is 0 Å². The van der Waals surface area contributed by atoms with Gasteiger partial charge < -0.3 is 23.9 Å². The fourth-order valence-corrected chi connectivity index (χ4v) is 4.46. The molecule has 1 aliphatic heterocycles. The quantitative estimate of drug-likeness (QED) is 0.450. The Morgan fingerprint density at radius 3 is 2.71 bits per heavy atom. The van der Waals surface area contributed by atoms with Gasteiger partial charge in [0, 0.05) is 18.1 Å². The van der Waals surface area contributed by atoms with Crippen LogP contribution in [0, 0.1) is 0 Å². The minimum absolute atomic E-state index is 0.0904. The molecule has 0 spiro atoms. The van der Waals surface area contributed by atoms with Crippen LogP contribution in [0.25, 0.3) is 5.69 Å². The van der Waals surface area contributed by atoms with Gasteiger partial charge in [-0.1, -0.05) is 18.2 Å². The maximum atomic E-state index is 5.76. The van der Waals surface area contributed by atoms with E-state index in [1.54, 1.807) is 13.4 Å². The van der Waals surface area contributed by atoms with E-state index in [1.807, 2.05) is 60.8 Å². The second-order valence-electron chi connectivity index (χ2n) is 7.31. The van der Waals surface area contributed by atoms with Crippen LogP contribution in [0.2, 0.25) is 0 Å². The molecule has 1 aromatic carbocycles. The van der Waals surface area contributed by atoms with Crippen LogP contribution in [0.4, 0.5) is 0 Å². The monoisotopic (exact) mass is 430 g/mol. The summed E-state index contributed by atoms with van der Waals surface area (Å²) in [4.78, 5) is 6.78. The minimum atomic E-state index is -0.105. The van der Waals surface area contributed by atoms with Gasteiger partial charge in [0.2, 0.25) is 0 Å². The van der Waals surface area contributed by atoms with E-state index in [0.717, 1.165) is 28.6 Å². The number of aromatic nitrogens is 2. The Kier molecular flexibility index (Phi) is 5.18. The van der Waals surface area contributed by atoms with Crippen molar-refractivity contribution in [3.8, 4) is 11.4 Å². The lowest BCUT2D eigenvalue weighted by Gasteiger charge is -2.28. The number of benzene rings is 1. The van der Waals surface area contributed by atoms with Crippen molar-refractivity contribution in [3.05, 3.63) is 103 Å². The van der Waals surface area contributed by atoms with Crippen LogP contribution in [0.5, 0.6) is 5.75 Å². The molecule has 2 atom stereocenters. The molecule has 1 N–H and O–H groups in total. The summed E-state index contributed by atoms with van der Waals surface area (Å²) in [6.45, 7) is 0.559. The summed E-state index contributed by atoms with van der Waals surface area (Å²) in [5, 5.41) is 4.16. The minimum Gasteiger partial charge on any atom is -0.495 e. The molecule has 156 valence electrons. The van der Waals surface area contributed by atoms with Crippen molar-refractivity contribution in [2.45, 2.75) is 18.6 Å². The number of rotatable bonds is 6. The van der Waals surface area contributed by atoms with Crippen molar-refractivity contribution in [2.75, 3.05) is 7.11 Å². The first-order valence-electron chi connectivity index (χ1n) is 10.1. The lowest BCUT2D eigenvalue weighted by molar-refractivity contribution is 0.280. The highest BCUT2D eigenvalue weighted by Crippen LogP contribution is 2.41. The molecule has 0 amide bonds. The van der Waals surface area contributed by atoms with Gasteiger partial charge >= 0.3 is 0 Å².